The third kappa shape index (κ3) is 8.73. The van der Waals surface area contributed by atoms with Crippen molar-refractivity contribution < 1.29 is 19.1 Å². The van der Waals surface area contributed by atoms with Crippen molar-refractivity contribution in [2.24, 2.45) is 0 Å². The van der Waals surface area contributed by atoms with E-state index in [1.54, 1.807) is 72.8 Å². The molecule has 1 atom stereocenters. The highest BCUT2D eigenvalue weighted by atomic mass is 35.5. The molecule has 0 fully saturated rings. The molecule has 0 aliphatic carbocycles. The van der Waals surface area contributed by atoms with Crippen LogP contribution in [0.25, 0.3) is 6.08 Å². The van der Waals surface area contributed by atoms with E-state index in [0.29, 0.717) is 39.7 Å². The second-order valence-electron chi connectivity index (χ2n) is 9.57. The van der Waals surface area contributed by atoms with Crippen molar-refractivity contribution in [1.82, 2.24) is 5.32 Å². The van der Waals surface area contributed by atoms with Gasteiger partial charge in [0, 0.05) is 32.4 Å². The number of methoxy groups -OCH3 is 1. The smallest absolute Gasteiger partial charge is 0.272 e. The fraction of sp³-hybridized carbons (Fsp3) is 0.147. The second kappa shape index (κ2) is 15.1. The maximum absolute atomic E-state index is 13.5. The Morgan fingerprint density at radius 1 is 0.907 bits per heavy atom. The van der Waals surface area contributed by atoms with E-state index in [1.807, 2.05) is 44.2 Å². The molecule has 0 radical (unpaired) electrons. The Balaban J connectivity index is 1.53. The molecule has 0 aromatic heterocycles. The molecule has 43 heavy (non-hydrogen) atoms. The third-order valence-corrected chi connectivity index (χ3v) is 8.05. The Kier molecular flexibility index (Phi) is 11.0. The van der Waals surface area contributed by atoms with Crippen LogP contribution in [-0.4, -0.2) is 30.1 Å². The molecule has 3 N–H and O–H groups in total. The van der Waals surface area contributed by atoms with Crippen LogP contribution in [-0.2, 0) is 9.59 Å². The number of thioether (sulfide) groups is 1. The molecule has 0 heterocycles. The number of para-hydroxylation sites is 1. The number of hydrogen-bond acceptors (Lipinski definition) is 5. The molecule has 7 nitrogen and oxygen atoms in total. The van der Waals surface area contributed by atoms with Crippen LogP contribution < -0.4 is 20.7 Å². The predicted octanol–water partition coefficient (Wildman–Crippen LogP) is 7.58. The van der Waals surface area contributed by atoms with E-state index >= 15 is 0 Å². The van der Waals surface area contributed by atoms with E-state index in [0.717, 1.165) is 10.5 Å². The van der Waals surface area contributed by atoms with Gasteiger partial charge in [-0.1, -0.05) is 67.1 Å². The van der Waals surface area contributed by atoms with Crippen LogP contribution in [0, 0.1) is 6.92 Å². The molecule has 0 saturated carbocycles. The molecule has 1 unspecified atom stereocenters. The number of anilines is 2. The van der Waals surface area contributed by atoms with Crippen molar-refractivity contribution in [3.63, 3.8) is 0 Å². The number of amides is 3. The van der Waals surface area contributed by atoms with Gasteiger partial charge in [-0.15, -0.1) is 11.8 Å². The van der Waals surface area contributed by atoms with Crippen molar-refractivity contribution in [3.8, 4) is 5.75 Å². The largest absolute Gasteiger partial charge is 0.496 e. The Hall–Kier alpha value is -4.53. The van der Waals surface area contributed by atoms with Gasteiger partial charge in [0.05, 0.1) is 12.4 Å². The highest BCUT2D eigenvalue weighted by Crippen LogP contribution is 2.30. The van der Waals surface area contributed by atoms with Gasteiger partial charge in [0.1, 0.15) is 11.4 Å². The van der Waals surface area contributed by atoms with Gasteiger partial charge in [-0.2, -0.15) is 0 Å². The summed E-state index contributed by atoms with van der Waals surface area (Å²) < 4.78 is 5.44. The van der Waals surface area contributed by atoms with E-state index in [1.165, 1.54) is 18.9 Å². The Morgan fingerprint density at radius 3 is 2.40 bits per heavy atom. The van der Waals surface area contributed by atoms with Gasteiger partial charge in [0.15, 0.2) is 0 Å². The highest BCUT2D eigenvalue weighted by Gasteiger charge is 2.20. The second-order valence-corrected chi connectivity index (χ2v) is 11.3. The lowest BCUT2D eigenvalue weighted by Gasteiger charge is -2.17. The Bertz CT molecular complexity index is 1640. The van der Waals surface area contributed by atoms with Crippen LogP contribution >= 0.6 is 23.4 Å². The molecule has 0 saturated heterocycles. The maximum Gasteiger partial charge on any atom is 0.272 e. The minimum absolute atomic E-state index is 0.0408. The molecule has 0 aliphatic heterocycles. The zero-order chi connectivity index (χ0) is 30.8. The first-order valence-corrected chi connectivity index (χ1v) is 14.9. The summed E-state index contributed by atoms with van der Waals surface area (Å²) in [6.07, 6.45) is 2.16. The number of carbonyl (C=O) groups excluding carboxylic acids is 3. The SMILES string of the molecule is CCC(Sc1cccc(NC(=O)/C(=C\c2ccccc2OC)NC(=O)c2ccccc2)c1)C(=O)Nc1cc(Cl)ccc1C. The van der Waals surface area contributed by atoms with E-state index in [9.17, 15) is 14.4 Å². The third-order valence-electron chi connectivity index (χ3n) is 6.46. The van der Waals surface area contributed by atoms with Crippen LogP contribution in [0.2, 0.25) is 5.02 Å². The Morgan fingerprint density at radius 2 is 1.65 bits per heavy atom. The summed E-state index contributed by atoms with van der Waals surface area (Å²) in [7, 11) is 1.54. The topological polar surface area (TPSA) is 96.5 Å². The van der Waals surface area contributed by atoms with Gasteiger partial charge < -0.3 is 20.7 Å². The standard InChI is InChI=1S/C34H32ClN3O4S/c1-4-31(34(41)37-28-20-25(35)18-17-22(28)2)43-27-15-10-14-26(21-27)36-33(40)29(19-24-13-8-9-16-30(24)42-3)38-32(39)23-11-6-5-7-12-23/h5-21,31H,4H2,1-3H3,(H,36,40)(H,37,41)(H,38,39)/b29-19+. The first kappa shape index (κ1) is 31.4. The molecule has 4 aromatic carbocycles. The first-order chi connectivity index (χ1) is 20.8. The molecule has 9 heteroatoms. The fourth-order valence-corrected chi connectivity index (χ4v) is 5.34. The zero-order valence-electron chi connectivity index (χ0n) is 24.0. The van der Waals surface area contributed by atoms with Gasteiger partial charge >= 0.3 is 0 Å². The van der Waals surface area contributed by atoms with Gasteiger partial charge in [-0.3, -0.25) is 14.4 Å². The maximum atomic E-state index is 13.5. The monoisotopic (exact) mass is 613 g/mol. The summed E-state index contributed by atoms with van der Waals surface area (Å²) in [4.78, 5) is 40.4. The molecule has 220 valence electrons. The summed E-state index contributed by atoms with van der Waals surface area (Å²) in [5.41, 5.74) is 3.18. The van der Waals surface area contributed by atoms with Crippen LogP contribution in [0.15, 0.2) is 108 Å². The number of nitrogens with one attached hydrogen (secondary N) is 3. The van der Waals surface area contributed by atoms with Gasteiger partial charge in [0.25, 0.3) is 11.8 Å². The minimum atomic E-state index is -0.515. The number of halogens is 1. The number of carbonyl (C=O) groups is 3. The van der Waals surface area contributed by atoms with Gasteiger partial charge in [-0.25, -0.2) is 0 Å². The van der Waals surface area contributed by atoms with Crippen molar-refractivity contribution in [2.75, 3.05) is 17.7 Å². The van der Waals surface area contributed by atoms with Gasteiger partial charge in [-0.05, 0) is 73.5 Å². The lowest BCUT2D eigenvalue weighted by atomic mass is 10.1. The Labute approximate surface area is 260 Å². The molecular formula is C34H32ClN3O4S. The van der Waals surface area contributed by atoms with E-state index < -0.39 is 11.8 Å². The number of benzene rings is 4. The van der Waals surface area contributed by atoms with E-state index in [2.05, 4.69) is 16.0 Å². The van der Waals surface area contributed by atoms with E-state index in [4.69, 9.17) is 16.3 Å². The number of rotatable bonds is 11. The van der Waals surface area contributed by atoms with Gasteiger partial charge in [0.2, 0.25) is 5.91 Å². The van der Waals surface area contributed by atoms with Crippen LogP contribution in [0.4, 0.5) is 11.4 Å². The summed E-state index contributed by atoms with van der Waals surface area (Å²) >= 11 is 7.51. The minimum Gasteiger partial charge on any atom is -0.496 e. The molecule has 4 rings (SSSR count). The molecule has 0 spiro atoms. The van der Waals surface area contributed by atoms with Crippen LogP contribution in [0.3, 0.4) is 0 Å². The average molecular weight is 614 g/mol. The molecule has 3 amide bonds. The lowest BCUT2D eigenvalue weighted by molar-refractivity contribution is -0.116. The van der Waals surface area contributed by atoms with Crippen molar-refractivity contribution in [2.45, 2.75) is 30.4 Å². The molecule has 4 aromatic rings. The molecular weight excluding hydrogens is 582 g/mol. The predicted molar refractivity (Wildman–Crippen MR) is 175 cm³/mol. The summed E-state index contributed by atoms with van der Waals surface area (Å²) in [6.45, 7) is 3.85. The summed E-state index contributed by atoms with van der Waals surface area (Å²) in [5, 5.41) is 8.77. The fourth-order valence-electron chi connectivity index (χ4n) is 4.16. The van der Waals surface area contributed by atoms with Crippen molar-refractivity contribution in [1.29, 1.82) is 0 Å². The van der Waals surface area contributed by atoms with Crippen molar-refractivity contribution >= 4 is 58.5 Å². The number of aryl methyl sites for hydroxylation is 1. The summed E-state index contributed by atoms with van der Waals surface area (Å²) in [6, 6.07) is 28.4. The highest BCUT2D eigenvalue weighted by molar-refractivity contribution is 8.00. The number of hydrogen-bond donors (Lipinski definition) is 3. The number of ether oxygens (including phenoxy) is 1. The lowest BCUT2D eigenvalue weighted by Crippen LogP contribution is -2.30. The van der Waals surface area contributed by atoms with E-state index in [-0.39, 0.29) is 16.9 Å². The van der Waals surface area contributed by atoms with Crippen LogP contribution in [0.1, 0.15) is 34.8 Å². The first-order valence-electron chi connectivity index (χ1n) is 13.6. The normalized spacial score (nSPS) is 11.8. The van der Waals surface area contributed by atoms with Crippen molar-refractivity contribution in [3.05, 3.63) is 124 Å². The summed E-state index contributed by atoms with van der Waals surface area (Å²) in [5.74, 6) is -0.526. The molecule has 0 bridgehead atoms. The zero-order valence-corrected chi connectivity index (χ0v) is 25.6. The van der Waals surface area contributed by atoms with Crippen LogP contribution in [0.5, 0.6) is 5.75 Å². The molecule has 0 aliphatic rings. The quantitative estimate of drug-likeness (QED) is 0.120. The average Bonchev–Trinajstić information content (AvgIpc) is 3.02.